The number of benzene rings is 2. The van der Waals surface area contributed by atoms with Gasteiger partial charge in [-0.25, -0.2) is 14.4 Å². The molecule has 6 rings (SSSR count). The van der Waals surface area contributed by atoms with Gasteiger partial charge in [0.1, 0.15) is 40.1 Å². The summed E-state index contributed by atoms with van der Waals surface area (Å²) in [5, 5.41) is 17.7. The van der Waals surface area contributed by atoms with Crippen LogP contribution in [0.3, 0.4) is 0 Å². The summed E-state index contributed by atoms with van der Waals surface area (Å²) in [7, 11) is 0. The number of pyridine rings is 2. The van der Waals surface area contributed by atoms with Gasteiger partial charge >= 0.3 is 0 Å². The standard InChI is InChI=1S/C17H15FN4.C16H14N4/c1-13-8-9-16-17(11-13)21-22(20-16)10-3-2-5-14-6-4-7-15(12-18)19-14;1-13-8-9-15-16(12-13)19-20(18-15)11-5-3-7-14-6-2-4-10-17-14/h4,6-9,11H,3,10,12H2,1H3;2,4,6,8-10,12H,5,11H2,1H3. The molecule has 0 aliphatic heterocycles. The Balaban J connectivity index is 0.000000169. The Morgan fingerprint density at radius 1 is 0.643 bits per heavy atom. The van der Waals surface area contributed by atoms with Crippen LogP contribution in [0.25, 0.3) is 22.1 Å². The molecule has 0 bridgehead atoms. The Morgan fingerprint density at radius 3 is 1.79 bits per heavy atom. The highest BCUT2D eigenvalue weighted by Crippen LogP contribution is 2.12. The van der Waals surface area contributed by atoms with Crippen molar-refractivity contribution in [1.29, 1.82) is 0 Å². The lowest BCUT2D eigenvalue weighted by molar-refractivity contribution is 0.476. The fourth-order valence-electron chi connectivity index (χ4n) is 4.02. The molecule has 0 aliphatic rings. The topological polar surface area (TPSA) is 87.2 Å². The van der Waals surface area contributed by atoms with Crippen molar-refractivity contribution in [2.24, 2.45) is 0 Å². The molecule has 2 aromatic carbocycles. The molecule has 0 radical (unpaired) electrons. The zero-order valence-electron chi connectivity index (χ0n) is 23.5. The van der Waals surface area contributed by atoms with Crippen LogP contribution in [0.2, 0.25) is 0 Å². The number of aromatic nitrogens is 8. The van der Waals surface area contributed by atoms with Crippen molar-refractivity contribution < 1.29 is 4.39 Å². The van der Waals surface area contributed by atoms with E-state index in [0.717, 1.165) is 33.3 Å². The van der Waals surface area contributed by atoms with E-state index < -0.39 is 6.67 Å². The van der Waals surface area contributed by atoms with E-state index in [2.05, 4.69) is 61.0 Å². The largest absolute Gasteiger partial charge is 0.248 e. The van der Waals surface area contributed by atoms with Crippen molar-refractivity contribution in [2.75, 3.05) is 0 Å². The van der Waals surface area contributed by atoms with E-state index in [-0.39, 0.29) is 0 Å². The zero-order valence-corrected chi connectivity index (χ0v) is 23.5. The third-order valence-corrected chi connectivity index (χ3v) is 6.07. The molecular formula is C33H29FN8. The van der Waals surface area contributed by atoms with E-state index in [1.54, 1.807) is 34.0 Å². The van der Waals surface area contributed by atoms with Crippen LogP contribution in [-0.2, 0) is 19.8 Å². The van der Waals surface area contributed by atoms with Gasteiger partial charge in [-0.15, -0.1) is 0 Å². The van der Waals surface area contributed by atoms with E-state index in [1.165, 1.54) is 5.56 Å². The van der Waals surface area contributed by atoms with Crippen molar-refractivity contribution >= 4 is 22.1 Å². The molecule has 0 saturated carbocycles. The lowest BCUT2D eigenvalue weighted by Crippen LogP contribution is -2.01. The minimum Gasteiger partial charge on any atom is -0.248 e. The maximum Gasteiger partial charge on any atom is 0.131 e. The molecule has 4 heterocycles. The highest BCUT2D eigenvalue weighted by atomic mass is 19.1. The molecular weight excluding hydrogens is 527 g/mol. The van der Waals surface area contributed by atoms with Crippen molar-refractivity contribution in [2.45, 2.75) is 46.5 Å². The number of rotatable bonds is 5. The summed E-state index contributed by atoms with van der Waals surface area (Å²) in [6.45, 7) is 4.81. The summed E-state index contributed by atoms with van der Waals surface area (Å²) >= 11 is 0. The smallest absolute Gasteiger partial charge is 0.131 e. The van der Waals surface area contributed by atoms with Gasteiger partial charge in [-0.1, -0.05) is 36.1 Å². The average Bonchev–Trinajstić information content (AvgIpc) is 3.61. The SMILES string of the molecule is Cc1ccc2nn(CCC#Cc3cccc(CF)n3)nc2c1.Cc1ccc2nn(CCC#Cc3ccccn3)nc2c1. The molecule has 6 aromatic rings. The number of nitrogens with zero attached hydrogens (tertiary/aromatic N) is 8. The lowest BCUT2D eigenvalue weighted by atomic mass is 10.2. The van der Waals surface area contributed by atoms with Gasteiger partial charge in [0, 0.05) is 19.0 Å². The van der Waals surface area contributed by atoms with Crippen molar-refractivity contribution in [3.05, 3.63) is 107 Å². The molecule has 4 aromatic heterocycles. The van der Waals surface area contributed by atoms with Crippen LogP contribution in [-0.4, -0.2) is 40.0 Å². The molecule has 9 heteroatoms. The monoisotopic (exact) mass is 556 g/mol. The van der Waals surface area contributed by atoms with Crippen LogP contribution in [0.5, 0.6) is 0 Å². The molecule has 0 fully saturated rings. The summed E-state index contributed by atoms with van der Waals surface area (Å²) in [4.78, 5) is 11.6. The fourth-order valence-corrected chi connectivity index (χ4v) is 4.02. The summed E-state index contributed by atoms with van der Waals surface area (Å²) in [5.41, 5.74) is 7.78. The lowest BCUT2D eigenvalue weighted by Gasteiger charge is -1.94. The molecule has 208 valence electrons. The third kappa shape index (κ3) is 7.83. The van der Waals surface area contributed by atoms with Crippen molar-refractivity contribution in [3.63, 3.8) is 0 Å². The Bertz CT molecular complexity index is 1920. The first-order chi connectivity index (χ1) is 20.6. The first-order valence-corrected chi connectivity index (χ1v) is 13.6. The normalized spacial score (nSPS) is 10.4. The molecule has 8 nitrogen and oxygen atoms in total. The fraction of sp³-hybridized carbons (Fsp3) is 0.212. The van der Waals surface area contributed by atoms with Crippen LogP contribution in [0.15, 0.2) is 79.0 Å². The van der Waals surface area contributed by atoms with E-state index >= 15 is 0 Å². The van der Waals surface area contributed by atoms with Gasteiger partial charge in [0.2, 0.25) is 0 Å². The molecule has 0 amide bonds. The van der Waals surface area contributed by atoms with Crippen LogP contribution in [0.4, 0.5) is 4.39 Å². The quantitative estimate of drug-likeness (QED) is 0.256. The van der Waals surface area contributed by atoms with Crippen LogP contribution in [0, 0.1) is 37.5 Å². The summed E-state index contributed by atoms with van der Waals surface area (Å²) in [6.07, 6.45) is 3.06. The van der Waals surface area contributed by atoms with Gasteiger partial charge in [-0.2, -0.15) is 30.0 Å². The van der Waals surface area contributed by atoms with E-state index in [9.17, 15) is 4.39 Å². The van der Waals surface area contributed by atoms with E-state index in [0.29, 0.717) is 37.3 Å². The summed E-state index contributed by atoms with van der Waals surface area (Å²) in [5.74, 6) is 12.1. The number of fused-ring (bicyclic) bond motifs is 2. The van der Waals surface area contributed by atoms with Gasteiger partial charge in [0.25, 0.3) is 0 Å². The molecule has 42 heavy (non-hydrogen) atoms. The number of hydrogen-bond acceptors (Lipinski definition) is 6. The van der Waals surface area contributed by atoms with Gasteiger partial charge in [-0.3, -0.25) is 0 Å². The van der Waals surface area contributed by atoms with Crippen molar-refractivity contribution in [3.8, 4) is 23.7 Å². The maximum absolute atomic E-state index is 12.5. The predicted molar refractivity (Wildman–Crippen MR) is 161 cm³/mol. The second kappa shape index (κ2) is 13.8. The van der Waals surface area contributed by atoms with Gasteiger partial charge in [-0.05, 0) is 85.3 Å². The van der Waals surface area contributed by atoms with Crippen LogP contribution >= 0.6 is 0 Å². The number of alkyl halides is 1. The van der Waals surface area contributed by atoms with Gasteiger partial charge in [0.05, 0.1) is 18.8 Å². The Labute approximate surface area is 243 Å². The van der Waals surface area contributed by atoms with Crippen LogP contribution in [0.1, 0.15) is 41.1 Å². The number of halogens is 1. The number of aryl methyl sites for hydroxylation is 4. The molecule has 0 N–H and O–H groups in total. The Kier molecular flexibility index (Phi) is 9.23. The van der Waals surface area contributed by atoms with E-state index in [4.69, 9.17) is 0 Å². The van der Waals surface area contributed by atoms with Crippen LogP contribution < -0.4 is 0 Å². The second-order valence-electron chi connectivity index (χ2n) is 9.54. The maximum atomic E-state index is 12.5. The molecule has 0 saturated heterocycles. The minimum absolute atomic E-state index is 0.405. The minimum atomic E-state index is -0.571. The molecule has 0 spiro atoms. The summed E-state index contributed by atoms with van der Waals surface area (Å²) in [6, 6.07) is 23.0. The van der Waals surface area contributed by atoms with Gasteiger partial charge < -0.3 is 0 Å². The van der Waals surface area contributed by atoms with Crippen molar-refractivity contribution in [1.82, 2.24) is 40.0 Å². The highest BCUT2D eigenvalue weighted by Gasteiger charge is 2.02. The first-order valence-electron chi connectivity index (χ1n) is 13.6. The summed E-state index contributed by atoms with van der Waals surface area (Å²) < 4.78 is 12.5. The highest BCUT2D eigenvalue weighted by molar-refractivity contribution is 5.74. The zero-order chi connectivity index (χ0) is 29.1. The molecule has 0 aliphatic carbocycles. The Hall–Kier alpha value is -5.41. The van der Waals surface area contributed by atoms with E-state index in [1.807, 2.05) is 61.5 Å². The molecule has 0 atom stereocenters. The Morgan fingerprint density at radius 2 is 1.21 bits per heavy atom. The van der Waals surface area contributed by atoms with Gasteiger partial charge in [0.15, 0.2) is 0 Å². The third-order valence-electron chi connectivity index (χ3n) is 6.07. The number of hydrogen-bond donors (Lipinski definition) is 0. The second-order valence-corrected chi connectivity index (χ2v) is 9.54. The predicted octanol–water partition coefficient (Wildman–Crippen LogP) is 5.62. The average molecular weight is 557 g/mol. The molecule has 0 unspecified atom stereocenters. The first kappa shape index (κ1) is 28.1.